The van der Waals surface area contributed by atoms with Gasteiger partial charge in [0, 0.05) is 45.5 Å². The number of aliphatic hydroxyl groups is 1. The van der Waals surface area contributed by atoms with E-state index in [9.17, 15) is 18.9 Å². The number of hydrogen-bond donors (Lipinski definition) is 2. The maximum atomic E-state index is 13.7. The monoisotopic (exact) mass is 423 g/mol. The summed E-state index contributed by atoms with van der Waals surface area (Å²) in [6, 6.07) is 0. The van der Waals surface area contributed by atoms with Crippen LogP contribution in [0.5, 0.6) is 0 Å². The van der Waals surface area contributed by atoms with Crippen molar-refractivity contribution in [2.45, 2.75) is 70.5 Å². The van der Waals surface area contributed by atoms with Crippen molar-refractivity contribution in [2.75, 3.05) is 18.9 Å². The van der Waals surface area contributed by atoms with Crippen molar-refractivity contribution >= 4 is 22.4 Å². The Hall–Kier alpha value is -0.590. The average Bonchev–Trinajstić information content (AvgIpc) is 3.01. The van der Waals surface area contributed by atoms with E-state index in [2.05, 4.69) is 13.8 Å². The van der Waals surface area contributed by atoms with Crippen LogP contribution in [0.3, 0.4) is 0 Å². The van der Waals surface area contributed by atoms with Gasteiger partial charge in [-0.1, -0.05) is 13.8 Å². The molecule has 9 atom stereocenters. The highest BCUT2D eigenvalue weighted by Gasteiger charge is 2.65. The number of Topliss-reactive ketones (excluding diaryl/α,β-unsaturated/α-hetero) is 2. The molecule has 4 aliphatic carbocycles. The first-order chi connectivity index (χ1) is 13.8. The first-order valence-electron chi connectivity index (χ1n) is 11.5. The van der Waals surface area contributed by atoms with Crippen molar-refractivity contribution in [3.05, 3.63) is 0 Å². The second-order valence-corrected chi connectivity index (χ2v) is 12.4. The van der Waals surface area contributed by atoms with E-state index >= 15 is 0 Å². The fourth-order valence-corrected chi connectivity index (χ4v) is 9.34. The van der Waals surface area contributed by atoms with Crippen molar-refractivity contribution in [3.8, 4) is 0 Å². The van der Waals surface area contributed by atoms with Gasteiger partial charge in [0.15, 0.2) is 0 Å². The van der Waals surface area contributed by atoms with Gasteiger partial charge in [-0.25, -0.2) is 0 Å². The highest BCUT2D eigenvalue weighted by Crippen LogP contribution is 2.65. The van der Waals surface area contributed by atoms with Crippen molar-refractivity contribution in [1.29, 1.82) is 0 Å². The average molecular weight is 424 g/mol. The molecule has 4 unspecified atom stereocenters. The third kappa shape index (κ3) is 3.20. The zero-order valence-electron chi connectivity index (χ0n) is 17.9. The molecule has 0 spiro atoms. The van der Waals surface area contributed by atoms with Crippen LogP contribution in [-0.2, 0) is 20.4 Å². The number of carbonyl (C=O) groups is 2. The summed E-state index contributed by atoms with van der Waals surface area (Å²) in [6.07, 6.45) is 6.70. The van der Waals surface area contributed by atoms with E-state index in [1.165, 1.54) is 0 Å². The lowest BCUT2D eigenvalue weighted by Gasteiger charge is -2.61. The molecule has 0 aliphatic heterocycles. The fraction of sp³-hybridized carbons (Fsp3) is 0.913. The van der Waals surface area contributed by atoms with E-state index in [1.807, 2.05) is 0 Å². The minimum atomic E-state index is -0.911. The molecule has 0 saturated heterocycles. The molecular formula is C23H37NO4S. The fourth-order valence-electron chi connectivity index (χ4n) is 7.76. The summed E-state index contributed by atoms with van der Waals surface area (Å²) >= 11 is 0. The van der Waals surface area contributed by atoms with Crippen LogP contribution in [0.2, 0.25) is 0 Å². The molecule has 4 rings (SSSR count). The summed E-state index contributed by atoms with van der Waals surface area (Å²) in [5, 5.41) is 10.4. The molecule has 5 nitrogen and oxygen atoms in total. The summed E-state index contributed by atoms with van der Waals surface area (Å²) in [6.45, 7) is 4.83. The smallest absolute Gasteiger partial charge is 0.142 e. The molecule has 0 aromatic rings. The molecule has 0 heterocycles. The summed E-state index contributed by atoms with van der Waals surface area (Å²) in [5.74, 6) is 1.25. The molecular weight excluding hydrogens is 386 g/mol. The Bertz CT molecular complexity index is 711. The van der Waals surface area contributed by atoms with Gasteiger partial charge >= 0.3 is 0 Å². The van der Waals surface area contributed by atoms with Crippen LogP contribution in [0.1, 0.15) is 65.2 Å². The van der Waals surface area contributed by atoms with E-state index < -0.39 is 10.8 Å². The number of rotatable bonds is 5. The molecule has 4 aliphatic rings. The van der Waals surface area contributed by atoms with E-state index in [4.69, 9.17) is 5.73 Å². The number of aliphatic hydroxyl groups excluding tert-OH is 1. The molecule has 4 fully saturated rings. The molecule has 3 N–H and O–H groups in total. The van der Waals surface area contributed by atoms with Crippen LogP contribution in [0.4, 0.5) is 0 Å². The number of ketones is 2. The minimum Gasteiger partial charge on any atom is -0.396 e. The first-order valence-corrected chi connectivity index (χ1v) is 12.9. The zero-order valence-corrected chi connectivity index (χ0v) is 18.7. The van der Waals surface area contributed by atoms with Crippen LogP contribution in [0.25, 0.3) is 0 Å². The van der Waals surface area contributed by atoms with E-state index in [0.717, 1.165) is 44.9 Å². The largest absolute Gasteiger partial charge is 0.396 e. The van der Waals surface area contributed by atoms with Crippen LogP contribution >= 0.6 is 0 Å². The van der Waals surface area contributed by atoms with Gasteiger partial charge in [0.05, 0.1) is 6.61 Å². The Morgan fingerprint density at radius 2 is 1.86 bits per heavy atom. The standard InChI is InChI=1S/C23H37NO4S/c1-22-8-6-14(29(28)11-3-10-24)12-18(22)15(13-25)21(27)20-16-4-5-19(26)23(16,2)9-7-17(20)22/h14-18,20,25H,3-13,24H2,1-2H3/t14?,15?,16-,17+,18?,20-,22+,23-,29?/m0/s1. The van der Waals surface area contributed by atoms with Gasteiger partial charge in [-0.2, -0.15) is 0 Å². The van der Waals surface area contributed by atoms with E-state index in [1.54, 1.807) is 0 Å². The van der Waals surface area contributed by atoms with Crippen molar-refractivity contribution < 1.29 is 18.9 Å². The quantitative estimate of drug-likeness (QED) is 0.708. The first kappa shape index (κ1) is 21.6. The van der Waals surface area contributed by atoms with Gasteiger partial charge in [-0.05, 0) is 74.7 Å². The third-order valence-electron chi connectivity index (χ3n) is 9.49. The lowest BCUT2D eigenvalue weighted by atomic mass is 9.43. The van der Waals surface area contributed by atoms with Crippen molar-refractivity contribution in [2.24, 2.45) is 46.2 Å². The van der Waals surface area contributed by atoms with Gasteiger partial charge in [0.2, 0.25) is 0 Å². The minimum absolute atomic E-state index is 0.00644. The predicted molar refractivity (Wildman–Crippen MR) is 114 cm³/mol. The van der Waals surface area contributed by atoms with Gasteiger partial charge in [-0.15, -0.1) is 0 Å². The highest BCUT2D eigenvalue weighted by atomic mass is 32.2. The van der Waals surface area contributed by atoms with Gasteiger partial charge in [-0.3, -0.25) is 13.8 Å². The number of nitrogens with two attached hydrogens (primary N) is 1. The number of carbonyl (C=O) groups excluding carboxylic acids is 2. The Balaban J connectivity index is 1.63. The van der Waals surface area contributed by atoms with E-state index in [0.29, 0.717) is 30.4 Å². The molecule has 0 amide bonds. The van der Waals surface area contributed by atoms with Gasteiger partial charge in [0.1, 0.15) is 11.6 Å². The summed E-state index contributed by atoms with van der Waals surface area (Å²) < 4.78 is 12.8. The Kier molecular flexibility index (Phi) is 5.84. The topological polar surface area (TPSA) is 97.5 Å². The highest BCUT2D eigenvalue weighted by molar-refractivity contribution is 7.85. The number of fused-ring (bicyclic) bond motifs is 5. The molecule has 4 saturated carbocycles. The molecule has 164 valence electrons. The van der Waals surface area contributed by atoms with Crippen molar-refractivity contribution in [3.63, 3.8) is 0 Å². The lowest BCUT2D eigenvalue weighted by molar-refractivity contribution is -0.169. The number of hydrogen-bond acceptors (Lipinski definition) is 5. The molecule has 0 radical (unpaired) electrons. The normalized spacial score (nSPS) is 48.0. The van der Waals surface area contributed by atoms with Crippen LogP contribution in [0.15, 0.2) is 0 Å². The second kappa shape index (κ2) is 7.83. The van der Waals surface area contributed by atoms with Crippen LogP contribution < -0.4 is 5.73 Å². The maximum Gasteiger partial charge on any atom is 0.142 e. The van der Waals surface area contributed by atoms with E-state index in [-0.39, 0.29) is 52.1 Å². The van der Waals surface area contributed by atoms with Crippen LogP contribution in [-0.4, -0.2) is 45.0 Å². The summed E-state index contributed by atoms with van der Waals surface area (Å²) in [4.78, 5) is 26.3. The SMILES string of the molecule is C[C@]12CCC(S(=O)CCCN)CC1C(CO)C(=O)[C@@H]1[C@H]2CC[C@]2(C)C(=O)CC[C@@H]12. The molecule has 0 aromatic heterocycles. The molecule has 6 heteroatoms. The second-order valence-electron chi connectivity index (χ2n) is 10.6. The van der Waals surface area contributed by atoms with Gasteiger partial charge in [0.25, 0.3) is 0 Å². The molecule has 29 heavy (non-hydrogen) atoms. The Morgan fingerprint density at radius 1 is 1.10 bits per heavy atom. The zero-order chi connectivity index (χ0) is 21.0. The molecule has 0 bridgehead atoms. The maximum absolute atomic E-state index is 13.7. The predicted octanol–water partition coefficient (Wildman–Crippen LogP) is 2.46. The van der Waals surface area contributed by atoms with Gasteiger partial charge < -0.3 is 10.8 Å². The van der Waals surface area contributed by atoms with Crippen molar-refractivity contribution in [1.82, 2.24) is 0 Å². The van der Waals surface area contributed by atoms with Crippen LogP contribution in [0, 0.1) is 40.4 Å². The Morgan fingerprint density at radius 3 is 2.55 bits per heavy atom. The summed E-state index contributed by atoms with van der Waals surface area (Å²) in [7, 11) is -0.911. The molecule has 0 aromatic carbocycles. The summed E-state index contributed by atoms with van der Waals surface area (Å²) in [5.41, 5.74) is 5.24. The lowest BCUT2D eigenvalue weighted by Crippen LogP contribution is -2.61. The Labute approximate surface area is 177 Å². The third-order valence-corrected chi connectivity index (χ3v) is 11.4.